The smallest absolute Gasteiger partial charge is 0.345 e. The average molecular weight is 331 g/mol. The van der Waals surface area contributed by atoms with Gasteiger partial charge in [-0.25, -0.2) is 17.9 Å². The van der Waals surface area contributed by atoms with Crippen LogP contribution in [0.3, 0.4) is 0 Å². The van der Waals surface area contributed by atoms with Crippen molar-refractivity contribution >= 4 is 27.3 Å². The number of carbonyl (C=O) groups is 1. The number of aromatic carboxylic acids is 1. The third-order valence-corrected chi connectivity index (χ3v) is 6.77. The molecule has 1 aromatic rings. The number of aryl methyl sites for hydroxylation is 1. The first-order valence-electron chi connectivity index (χ1n) is 7.15. The van der Waals surface area contributed by atoms with E-state index >= 15 is 0 Å². The fourth-order valence-electron chi connectivity index (χ4n) is 2.73. The highest BCUT2D eigenvalue weighted by atomic mass is 32.2. The van der Waals surface area contributed by atoms with Crippen LogP contribution in [0.15, 0.2) is 11.0 Å². The highest BCUT2D eigenvalue weighted by Crippen LogP contribution is 2.28. The summed E-state index contributed by atoms with van der Waals surface area (Å²) < 4.78 is 27.7. The van der Waals surface area contributed by atoms with Gasteiger partial charge in [-0.2, -0.15) is 0 Å². The largest absolute Gasteiger partial charge is 0.477 e. The van der Waals surface area contributed by atoms with Crippen molar-refractivity contribution in [2.75, 3.05) is 0 Å². The van der Waals surface area contributed by atoms with Crippen LogP contribution in [0.25, 0.3) is 0 Å². The molecule has 0 bridgehead atoms. The molecule has 5 nitrogen and oxygen atoms in total. The van der Waals surface area contributed by atoms with Crippen LogP contribution in [0.1, 0.15) is 53.6 Å². The Bertz CT molecular complexity index is 621. The molecule has 0 amide bonds. The van der Waals surface area contributed by atoms with Gasteiger partial charge < -0.3 is 5.11 Å². The van der Waals surface area contributed by atoms with Crippen molar-refractivity contribution in [1.82, 2.24) is 4.72 Å². The topological polar surface area (TPSA) is 83.5 Å². The summed E-state index contributed by atoms with van der Waals surface area (Å²) in [5.41, 5.74) is 0. The molecule has 0 radical (unpaired) electrons. The summed E-state index contributed by atoms with van der Waals surface area (Å²) in [5, 5.41) is 8.97. The second-order valence-electron chi connectivity index (χ2n) is 5.77. The van der Waals surface area contributed by atoms with E-state index in [1.54, 1.807) is 6.92 Å². The fourth-order valence-corrected chi connectivity index (χ4v) is 5.46. The number of thiophene rings is 1. The molecule has 0 aromatic carbocycles. The van der Waals surface area contributed by atoms with Gasteiger partial charge in [-0.3, -0.25) is 0 Å². The van der Waals surface area contributed by atoms with E-state index in [1.165, 1.54) is 6.07 Å². The summed E-state index contributed by atoms with van der Waals surface area (Å²) in [4.78, 5) is 11.6. The first-order valence-corrected chi connectivity index (χ1v) is 9.45. The number of carboxylic acid groups (broad SMARTS) is 1. The zero-order valence-electron chi connectivity index (χ0n) is 12.3. The standard InChI is InChI=1S/C14H21NO4S2/c1-9-4-3-5-11(7-6-9)15-21(18,19)13-8-12(14(16)17)20-10(13)2/h8-9,11,15H,3-7H2,1-2H3,(H,16,17). The molecule has 2 atom stereocenters. The summed E-state index contributed by atoms with van der Waals surface area (Å²) in [6, 6.07) is 1.21. The number of nitrogens with one attached hydrogen (secondary N) is 1. The van der Waals surface area contributed by atoms with E-state index < -0.39 is 16.0 Å². The lowest BCUT2D eigenvalue weighted by Gasteiger charge is -2.16. The molecule has 0 spiro atoms. The van der Waals surface area contributed by atoms with Crippen LogP contribution < -0.4 is 4.72 Å². The van der Waals surface area contributed by atoms with Gasteiger partial charge in [0.25, 0.3) is 0 Å². The lowest BCUT2D eigenvalue weighted by molar-refractivity contribution is 0.0702. The maximum Gasteiger partial charge on any atom is 0.345 e. The van der Waals surface area contributed by atoms with Crippen molar-refractivity contribution < 1.29 is 18.3 Å². The van der Waals surface area contributed by atoms with E-state index in [1.807, 2.05) is 0 Å². The average Bonchev–Trinajstić information content (AvgIpc) is 2.68. The fraction of sp³-hybridized carbons (Fsp3) is 0.643. The van der Waals surface area contributed by atoms with E-state index in [4.69, 9.17) is 5.11 Å². The molecule has 0 aliphatic heterocycles. The van der Waals surface area contributed by atoms with Gasteiger partial charge in [0.1, 0.15) is 4.88 Å². The molecule has 0 saturated heterocycles. The van der Waals surface area contributed by atoms with E-state index in [0.29, 0.717) is 10.8 Å². The molecule has 2 unspecified atom stereocenters. The van der Waals surface area contributed by atoms with Crippen molar-refractivity contribution in [3.8, 4) is 0 Å². The quantitative estimate of drug-likeness (QED) is 0.831. The monoisotopic (exact) mass is 331 g/mol. The minimum atomic E-state index is -3.64. The van der Waals surface area contributed by atoms with Crippen molar-refractivity contribution in [3.63, 3.8) is 0 Å². The molecule has 1 aromatic heterocycles. The Kier molecular flexibility index (Phi) is 5.06. The van der Waals surface area contributed by atoms with Gasteiger partial charge in [0, 0.05) is 10.9 Å². The summed E-state index contributed by atoms with van der Waals surface area (Å²) in [5.74, 6) is -0.450. The molecular formula is C14H21NO4S2. The Labute approximate surface area is 129 Å². The first-order chi connectivity index (χ1) is 9.79. The van der Waals surface area contributed by atoms with Gasteiger partial charge in [0.15, 0.2) is 0 Å². The van der Waals surface area contributed by atoms with Crippen LogP contribution in [0.5, 0.6) is 0 Å². The summed E-state index contributed by atoms with van der Waals surface area (Å²) >= 11 is 0.997. The van der Waals surface area contributed by atoms with Gasteiger partial charge in [0.05, 0.1) is 4.90 Å². The zero-order chi connectivity index (χ0) is 15.6. The molecule has 1 aliphatic carbocycles. The van der Waals surface area contributed by atoms with Crippen LogP contribution in [0, 0.1) is 12.8 Å². The highest BCUT2D eigenvalue weighted by molar-refractivity contribution is 7.89. The van der Waals surface area contributed by atoms with Crippen LogP contribution in [0.2, 0.25) is 0 Å². The van der Waals surface area contributed by atoms with Gasteiger partial charge in [-0.1, -0.05) is 19.8 Å². The van der Waals surface area contributed by atoms with Crippen LogP contribution in [-0.4, -0.2) is 25.5 Å². The maximum atomic E-state index is 12.5. The predicted molar refractivity (Wildman–Crippen MR) is 82.4 cm³/mol. The Morgan fingerprint density at radius 1 is 1.33 bits per heavy atom. The molecule has 2 N–H and O–H groups in total. The normalized spacial score (nSPS) is 23.7. The third-order valence-electron chi connectivity index (χ3n) is 3.95. The Morgan fingerprint density at radius 2 is 2.05 bits per heavy atom. The summed E-state index contributed by atoms with van der Waals surface area (Å²) in [7, 11) is -3.64. The lowest BCUT2D eigenvalue weighted by Crippen LogP contribution is -2.34. The van der Waals surface area contributed by atoms with E-state index in [-0.39, 0.29) is 15.8 Å². The Balaban J connectivity index is 2.16. The molecular weight excluding hydrogens is 310 g/mol. The van der Waals surface area contributed by atoms with Crippen molar-refractivity contribution in [2.24, 2.45) is 5.92 Å². The molecule has 1 saturated carbocycles. The van der Waals surface area contributed by atoms with Crippen LogP contribution in [0.4, 0.5) is 0 Å². The van der Waals surface area contributed by atoms with Crippen molar-refractivity contribution in [2.45, 2.75) is 56.9 Å². The second-order valence-corrected chi connectivity index (χ2v) is 8.71. The van der Waals surface area contributed by atoms with Crippen LogP contribution >= 0.6 is 11.3 Å². The van der Waals surface area contributed by atoms with Crippen molar-refractivity contribution in [3.05, 3.63) is 15.8 Å². The van der Waals surface area contributed by atoms with E-state index in [0.717, 1.165) is 43.4 Å². The summed E-state index contributed by atoms with van der Waals surface area (Å²) in [6.07, 6.45) is 4.88. The molecule has 1 aliphatic rings. The summed E-state index contributed by atoms with van der Waals surface area (Å²) in [6.45, 7) is 3.83. The highest BCUT2D eigenvalue weighted by Gasteiger charge is 2.26. The van der Waals surface area contributed by atoms with E-state index in [2.05, 4.69) is 11.6 Å². The SMILES string of the molecule is Cc1sc(C(=O)O)cc1S(=O)(=O)NC1CCCC(C)CC1. The van der Waals surface area contributed by atoms with Gasteiger partial charge in [-0.15, -0.1) is 11.3 Å². The predicted octanol–water partition coefficient (Wildman–Crippen LogP) is 3.00. The molecule has 1 heterocycles. The van der Waals surface area contributed by atoms with E-state index in [9.17, 15) is 13.2 Å². The van der Waals surface area contributed by atoms with Gasteiger partial charge >= 0.3 is 5.97 Å². The number of sulfonamides is 1. The lowest BCUT2D eigenvalue weighted by atomic mass is 10.0. The number of hydrogen-bond acceptors (Lipinski definition) is 4. The maximum absolute atomic E-state index is 12.5. The minimum absolute atomic E-state index is 0.0486. The number of rotatable bonds is 4. The van der Waals surface area contributed by atoms with Crippen LogP contribution in [-0.2, 0) is 10.0 Å². The number of carboxylic acids is 1. The molecule has 1 fully saturated rings. The zero-order valence-corrected chi connectivity index (χ0v) is 13.9. The Hall–Kier alpha value is -0.920. The minimum Gasteiger partial charge on any atom is -0.477 e. The van der Waals surface area contributed by atoms with Gasteiger partial charge in [-0.05, 0) is 38.2 Å². The molecule has 7 heteroatoms. The van der Waals surface area contributed by atoms with Gasteiger partial charge in [0.2, 0.25) is 10.0 Å². The van der Waals surface area contributed by atoms with Crippen molar-refractivity contribution in [1.29, 1.82) is 0 Å². The second kappa shape index (κ2) is 6.46. The molecule has 2 rings (SSSR count). The Morgan fingerprint density at radius 3 is 2.67 bits per heavy atom. The molecule has 118 valence electrons. The molecule has 21 heavy (non-hydrogen) atoms. The third kappa shape index (κ3) is 4.05. The first kappa shape index (κ1) is 16.5. The number of hydrogen-bond donors (Lipinski definition) is 2.